The molecule has 0 aromatic rings. The van der Waals surface area contributed by atoms with Crippen LogP contribution in [0.25, 0.3) is 0 Å². The minimum atomic E-state index is 1.01. The molecule has 0 spiro atoms. The Kier molecular flexibility index (Phi) is 11.4. The first-order valence-electron chi connectivity index (χ1n) is 14.4. The lowest BCUT2D eigenvalue weighted by Crippen LogP contribution is -2.26. The van der Waals surface area contributed by atoms with Gasteiger partial charge in [-0.05, 0) is 74.0 Å². The Morgan fingerprint density at radius 2 is 0.900 bits per heavy atom. The van der Waals surface area contributed by atoms with Gasteiger partial charge in [-0.1, -0.05) is 109 Å². The van der Waals surface area contributed by atoms with E-state index in [-0.39, 0.29) is 0 Å². The van der Waals surface area contributed by atoms with Crippen LogP contribution in [0.1, 0.15) is 142 Å². The van der Waals surface area contributed by atoms with E-state index in [1.165, 1.54) is 77.0 Å². The number of hydrogen-bond donors (Lipinski definition) is 0. The summed E-state index contributed by atoms with van der Waals surface area (Å²) in [6, 6.07) is 0. The predicted molar refractivity (Wildman–Crippen MR) is 134 cm³/mol. The number of rotatable bonds is 12. The summed E-state index contributed by atoms with van der Waals surface area (Å²) in [6.45, 7) is 6.24. The molecule has 3 fully saturated rings. The number of unbranched alkanes of at least 4 members (excludes halogenated alkanes) is 2. The summed E-state index contributed by atoms with van der Waals surface area (Å²) in [7, 11) is 0. The first kappa shape index (κ1) is 24.4. The first-order chi connectivity index (χ1) is 14.8. The Morgan fingerprint density at radius 1 is 0.533 bits per heavy atom. The molecule has 0 aromatic heterocycles. The second-order valence-corrected chi connectivity index (χ2v) is 11.7. The van der Waals surface area contributed by atoms with Crippen LogP contribution in [0.2, 0.25) is 0 Å². The smallest absolute Gasteiger partial charge is 0.0351 e. The summed E-state index contributed by atoms with van der Waals surface area (Å²) in [6.07, 6.45) is 33.8. The molecule has 0 aliphatic heterocycles. The van der Waals surface area contributed by atoms with E-state index in [4.69, 9.17) is 0 Å². The van der Waals surface area contributed by atoms with E-state index < -0.39 is 0 Å². The van der Waals surface area contributed by atoms with E-state index in [0.29, 0.717) is 0 Å². The Hall–Kier alpha value is -0.260. The molecule has 30 heavy (non-hydrogen) atoms. The molecule has 3 saturated carbocycles. The van der Waals surface area contributed by atoms with Gasteiger partial charge in [-0.15, -0.1) is 6.58 Å². The SMILES string of the molecule is C=CCC[C@H]1CC[C@H](CCCC[C@H]2CC[C@H]([C@H]3CC[C@H](CCCC)CC3)CC2)CC1. The quantitative estimate of drug-likeness (QED) is 0.220. The average Bonchev–Trinajstić information content (AvgIpc) is 2.81. The largest absolute Gasteiger partial charge is 0.103 e. The molecule has 0 saturated heterocycles. The zero-order chi connectivity index (χ0) is 21.0. The van der Waals surface area contributed by atoms with E-state index in [1.807, 2.05) is 0 Å². The fourth-order valence-electron chi connectivity index (χ4n) is 7.42. The third-order valence-corrected chi connectivity index (χ3v) is 9.64. The van der Waals surface area contributed by atoms with Crippen molar-refractivity contribution in [3.05, 3.63) is 12.7 Å². The highest BCUT2D eigenvalue weighted by molar-refractivity contribution is 4.82. The van der Waals surface area contributed by atoms with Crippen molar-refractivity contribution in [3.63, 3.8) is 0 Å². The number of hydrogen-bond acceptors (Lipinski definition) is 0. The molecule has 0 unspecified atom stereocenters. The highest BCUT2D eigenvalue weighted by Gasteiger charge is 2.30. The van der Waals surface area contributed by atoms with Crippen molar-refractivity contribution < 1.29 is 0 Å². The Labute approximate surface area is 190 Å². The minimum absolute atomic E-state index is 1.01. The van der Waals surface area contributed by atoms with Gasteiger partial charge in [0.05, 0.1) is 0 Å². The summed E-state index contributed by atoms with van der Waals surface area (Å²) in [4.78, 5) is 0. The third-order valence-electron chi connectivity index (χ3n) is 9.64. The Balaban J connectivity index is 1.19. The second kappa shape index (κ2) is 14.0. The molecule has 0 heteroatoms. The number of allylic oxidation sites excluding steroid dienone is 1. The normalized spacial score (nSPS) is 35.2. The molecule has 174 valence electrons. The van der Waals surface area contributed by atoms with Crippen molar-refractivity contribution in [2.75, 3.05) is 0 Å². The van der Waals surface area contributed by atoms with Gasteiger partial charge < -0.3 is 0 Å². The average molecular weight is 415 g/mol. The van der Waals surface area contributed by atoms with Crippen LogP contribution in [-0.2, 0) is 0 Å². The van der Waals surface area contributed by atoms with Gasteiger partial charge in [0.2, 0.25) is 0 Å². The molecule has 3 rings (SSSR count). The minimum Gasteiger partial charge on any atom is -0.103 e. The Bertz CT molecular complexity index is 427. The molecule has 3 aliphatic rings. The topological polar surface area (TPSA) is 0 Å². The van der Waals surface area contributed by atoms with Gasteiger partial charge in [0.25, 0.3) is 0 Å². The van der Waals surface area contributed by atoms with E-state index in [2.05, 4.69) is 19.6 Å². The summed E-state index contributed by atoms with van der Waals surface area (Å²) in [5.41, 5.74) is 0. The van der Waals surface area contributed by atoms with Crippen molar-refractivity contribution >= 4 is 0 Å². The van der Waals surface area contributed by atoms with Crippen molar-refractivity contribution in [2.24, 2.45) is 35.5 Å². The summed E-state index contributed by atoms with van der Waals surface area (Å²) >= 11 is 0. The monoisotopic (exact) mass is 414 g/mol. The maximum Gasteiger partial charge on any atom is -0.0351 e. The Morgan fingerprint density at radius 3 is 1.30 bits per heavy atom. The molecule has 0 aromatic carbocycles. The van der Waals surface area contributed by atoms with E-state index in [0.717, 1.165) is 35.5 Å². The van der Waals surface area contributed by atoms with E-state index in [1.54, 1.807) is 57.8 Å². The fourth-order valence-corrected chi connectivity index (χ4v) is 7.42. The molecule has 0 nitrogen and oxygen atoms in total. The van der Waals surface area contributed by atoms with Crippen LogP contribution in [0.5, 0.6) is 0 Å². The lowest BCUT2D eigenvalue weighted by molar-refractivity contribution is 0.139. The van der Waals surface area contributed by atoms with Gasteiger partial charge in [-0.25, -0.2) is 0 Å². The zero-order valence-corrected chi connectivity index (χ0v) is 20.6. The van der Waals surface area contributed by atoms with Crippen molar-refractivity contribution in [3.8, 4) is 0 Å². The van der Waals surface area contributed by atoms with Crippen LogP contribution in [0.4, 0.5) is 0 Å². The van der Waals surface area contributed by atoms with Gasteiger partial charge >= 0.3 is 0 Å². The molecular weight excluding hydrogens is 360 g/mol. The van der Waals surface area contributed by atoms with Gasteiger partial charge in [0.1, 0.15) is 0 Å². The standard InChI is InChI=1S/C30H54/c1-3-5-9-25-13-15-27(16-14-25)11-7-8-12-28-19-23-30(24-20-28)29-21-17-26(18-22-29)10-6-4-2/h3,25-30H,1,4-24H2,2H3/t25-,26-,27-,28-,29-,30-. The summed E-state index contributed by atoms with van der Waals surface area (Å²) in [5, 5.41) is 0. The zero-order valence-electron chi connectivity index (χ0n) is 20.6. The lowest BCUT2D eigenvalue weighted by Gasteiger charge is -2.38. The first-order valence-corrected chi connectivity index (χ1v) is 14.4. The van der Waals surface area contributed by atoms with Gasteiger partial charge in [-0.2, -0.15) is 0 Å². The van der Waals surface area contributed by atoms with Crippen LogP contribution in [0.3, 0.4) is 0 Å². The van der Waals surface area contributed by atoms with Gasteiger partial charge in [0, 0.05) is 0 Å². The predicted octanol–water partition coefficient (Wildman–Crippen LogP) is 10.1. The molecule has 0 atom stereocenters. The van der Waals surface area contributed by atoms with Crippen LogP contribution in [0.15, 0.2) is 12.7 Å². The van der Waals surface area contributed by atoms with E-state index in [9.17, 15) is 0 Å². The summed E-state index contributed by atoms with van der Waals surface area (Å²) < 4.78 is 0. The van der Waals surface area contributed by atoms with Crippen molar-refractivity contribution in [1.29, 1.82) is 0 Å². The highest BCUT2D eigenvalue weighted by Crippen LogP contribution is 2.43. The maximum atomic E-state index is 3.89. The molecule has 3 aliphatic carbocycles. The van der Waals surface area contributed by atoms with Crippen LogP contribution >= 0.6 is 0 Å². The van der Waals surface area contributed by atoms with Gasteiger partial charge in [-0.3, -0.25) is 0 Å². The highest BCUT2D eigenvalue weighted by atomic mass is 14.4. The van der Waals surface area contributed by atoms with Crippen LogP contribution in [0, 0.1) is 35.5 Å². The second-order valence-electron chi connectivity index (χ2n) is 11.7. The molecule has 0 heterocycles. The van der Waals surface area contributed by atoms with E-state index >= 15 is 0 Å². The van der Waals surface area contributed by atoms with Crippen molar-refractivity contribution in [1.82, 2.24) is 0 Å². The van der Waals surface area contributed by atoms with Gasteiger partial charge in [0.15, 0.2) is 0 Å². The van der Waals surface area contributed by atoms with Crippen molar-refractivity contribution in [2.45, 2.75) is 142 Å². The summed E-state index contributed by atoms with van der Waals surface area (Å²) in [5.74, 6) is 6.44. The lowest BCUT2D eigenvalue weighted by atomic mass is 9.68. The molecular formula is C30H54. The molecule has 0 bridgehead atoms. The molecule has 0 N–H and O–H groups in total. The third kappa shape index (κ3) is 8.35. The van der Waals surface area contributed by atoms with Crippen LogP contribution < -0.4 is 0 Å². The van der Waals surface area contributed by atoms with Crippen LogP contribution in [-0.4, -0.2) is 0 Å². The maximum absolute atomic E-state index is 3.89. The molecule has 0 radical (unpaired) electrons. The fraction of sp³-hybridized carbons (Fsp3) is 0.933. The molecule has 0 amide bonds.